The first-order valence-corrected chi connectivity index (χ1v) is 4.80. The molecule has 6 heteroatoms. The van der Waals surface area contributed by atoms with Gasteiger partial charge in [-0.05, 0) is 19.2 Å². The van der Waals surface area contributed by atoms with Gasteiger partial charge in [0.05, 0.1) is 4.90 Å². The van der Waals surface area contributed by atoms with Crippen LogP contribution in [0.3, 0.4) is 0 Å². The summed E-state index contributed by atoms with van der Waals surface area (Å²) in [5, 5.41) is 0. The van der Waals surface area contributed by atoms with E-state index < -0.39 is 10.0 Å². The molecule has 0 saturated heterocycles. The molecule has 0 unspecified atom stereocenters. The van der Waals surface area contributed by atoms with Gasteiger partial charge in [0.1, 0.15) is 0 Å². The Morgan fingerprint density at radius 3 is 2.08 bits per heavy atom. The molecule has 2 N–H and O–H groups in total. The second kappa shape index (κ2) is 5.05. The van der Waals surface area contributed by atoms with E-state index in [0.29, 0.717) is 5.69 Å². The second-order valence-corrected chi connectivity index (χ2v) is 4.12. The molecule has 1 rings (SSSR count). The van der Waals surface area contributed by atoms with Gasteiger partial charge in [-0.15, -0.1) is 5.69 Å². The standard InChI is InChI=1S/C7H9N2O2S.Y/c1-9-12(10,11)7-4-2-6(8)3-5-7;/h2-5,8-9H,1H3;/q-1;. The molecule has 4 nitrogen and oxygen atoms in total. The second-order valence-electron chi connectivity index (χ2n) is 2.23. The Bertz CT molecular complexity index is 361. The van der Waals surface area contributed by atoms with E-state index in [-0.39, 0.29) is 37.6 Å². The normalized spacial score (nSPS) is 10.5. The third-order valence-corrected chi connectivity index (χ3v) is 2.86. The van der Waals surface area contributed by atoms with Crippen molar-refractivity contribution in [2.45, 2.75) is 4.90 Å². The molecule has 13 heavy (non-hydrogen) atoms. The third kappa shape index (κ3) is 3.34. The summed E-state index contributed by atoms with van der Waals surface area (Å²) in [4.78, 5) is 0.181. The van der Waals surface area contributed by atoms with E-state index in [2.05, 4.69) is 4.72 Å². The molecule has 0 aliphatic carbocycles. The van der Waals surface area contributed by atoms with E-state index in [1.807, 2.05) is 0 Å². The van der Waals surface area contributed by atoms with E-state index >= 15 is 0 Å². The summed E-state index contributed by atoms with van der Waals surface area (Å²) in [6.07, 6.45) is 0. The fraction of sp³-hybridized carbons (Fsp3) is 0.143. The fourth-order valence-corrected chi connectivity index (χ4v) is 1.48. The zero-order valence-corrected chi connectivity index (χ0v) is 10.8. The minimum atomic E-state index is -3.35. The summed E-state index contributed by atoms with van der Waals surface area (Å²) in [5.74, 6) is 0. The van der Waals surface area contributed by atoms with Crippen LogP contribution in [0.1, 0.15) is 0 Å². The summed E-state index contributed by atoms with van der Waals surface area (Å²) in [6.45, 7) is 0. The van der Waals surface area contributed by atoms with Crippen molar-refractivity contribution in [3.63, 3.8) is 0 Å². The van der Waals surface area contributed by atoms with Crippen molar-refractivity contribution in [2.24, 2.45) is 0 Å². The molecular formula is C7H9N2O2SY-. The molecule has 0 fully saturated rings. The maximum Gasteiger partial charge on any atom is 0.240 e. The van der Waals surface area contributed by atoms with E-state index in [0.717, 1.165) is 0 Å². The molecule has 0 saturated carbocycles. The van der Waals surface area contributed by atoms with Gasteiger partial charge in [-0.1, -0.05) is 12.1 Å². The molecule has 69 valence electrons. The molecular weight excluding hydrogens is 265 g/mol. The number of sulfonamides is 1. The van der Waals surface area contributed by atoms with Crippen molar-refractivity contribution >= 4 is 15.7 Å². The van der Waals surface area contributed by atoms with E-state index in [1.165, 1.54) is 31.3 Å². The van der Waals surface area contributed by atoms with Gasteiger partial charge in [-0.25, -0.2) is 13.1 Å². The number of hydrogen-bond acceptors (Lipinski definition) is 2. The first kappa shape index (κ1) is 13.0. The monoisotopic (exact) mass is 274 g/mol. The molecule has 1 aromatic rings. The topological polar surface area (TPSA) is 70.0 Å². The predicted molar refractivity (Wildman–Crippen MR) is 46.7 cm³/mol. The fourth-order valence-electron chi connectivity index (χ4n) is 0.752. The van der Waals surface area contributed by atoms with Crippen molar-refractivity contribution < 1.29 is 41.1 Å². The first-order valence-electron chi connectivity index (χ1n) is 3.31. The molecule has 0 spiro atoms. The smallest absolute Gasteiger partial charge is 0.240 e. The minimum Gasteiger partial charge on any atom is -0.699 e. The molecule has 0 atom stereocenters. The van der Waals surface area contributed by atoms with Crippen LogP contribution in [0.15, 0.2) is 29.2 Å². The van der Waals surface area contributed by atoms with Gasteiger partial charge in [-0.2, -0.15) is 0 Å². The number of benzene rings is 1. The molecule has 1 aromatic carbocycles. The summed E-state index contributed by atoms with van der Waals surface area (Å²) >= 11 is 0. The summed E-state index contributed by atoms with van der Waals surface area (Å²) in [7, 11) is -2.00. The average molecular weight is 274 g/mol. The Balaban J connectivity index is 0.00000144. The maximum absolute atomic E-state index is 11.1. The number of rotatable bonds is 2. The number of nitrogens with one attached hydrogen (secondary N) is 2. The first-order chi connectivity index (χ1) is 5.56. The largest absolute Gasteiger partial charge is 0.699 e. The molecule has 0 aliphatic heterocycles. The Morgan fingerprint density at radius 2 is 1.69 bits per heavy atom. The van der Waals surface area contributed by atoms with E-state index in [4.69, 9.17) is 5.73 Å². The molecule has 0 amide bonds. The van der Waals surface area contributed by atoms with Gasteiger partial charge in [0.15, 0.2) is 0 Å². The van der Waals surface area contributed by atoms with Crippen LogP contribution < -0.4 is 4.72 Å². The summed E-state index contributed by atoms with van der Waals surface area (Å²) in [5.41, 5.74) is 7.43. The van der Waals surface area contributed by atoms with Crippen LogP contribution in [0.5, 0.6) is 0 Å². The van der Waals surface area contributed by atoms with E-state index in [9.17, 15) is 8.42 Å². The zero-order valence-electron chi connectivity index (χ0n) is 7.11. The van der Waals surface area contributed by atoms with Crippen molar-refractivity contribution in [3.8, 4) is 0 Å². The quantitative estimate of drug-likeness (QED) is 0.882. The summed E-state index contributed by atoms with van der Waals surface area (Å²) < 4.78 is 24.5. The molecule has 0 aromatic heterocycles. The van der Waals surface area contributed by atoms with Crippen molar-refractivity contribution in [3.05, 3.63) is 30.0 Å². The van der Waals surface area contributed by atoms with Crippen LogP contribution in [0.2, 0.25) is 0 Å². The van der Waals surface area contributed by atoms with Gasteiger partial charge in [0, 0.05) is 32.7 Å². The van der Waals surface area contributed by atoms with Crippen molar-refractivity contribution in [2.75, 3.05) is 7.05 Å². The Hall–Kier alpha value is 0.0339. The molecule has 0 heterocycles. The van der Waals surface area contributed by atoms with Crippen LogP contribution in [-0.4, -0.2) is 15.5 Å². The van der Waals surface area contributed by atoms with Crippen LogP contribution in [-0.2, 0) is 42.7 Å². The molecule has 1 radical (unpaired) electrons. The average Bonchev–Trinajstić information content (AvgIpc) is 2.05. The molecule has 0 aliphatic rings. The number of hydrogen-bond donors (Lipinski definition) is 1. The van der Waals surface area contributed by atoms with E-state index in [1.54, 1.807) is 0 Å². The molecule has 0 bridgehead atoms. The van der Waals surface area contributed by atoms with Crippen molar-refractivity contribution in [1.29, 1.82) is 0 Å². The van der Waals surface area contributed by atoms with Gasteiger partial charge in [-0.3, -0.25) is 0 Å². The third-order valence-electron chi connectivity index (χ3n) is 1.43. The minimum absolute atomic E-state index is 0. The van der Waals surface area contributed by atoms with Gasteiger partial charge in [0.25, 0.3) is 0 Å². The Morgan fingerprint density at radius 1 is 1.23 bits per heavy atom. The van der Waals surface area contributed by atoms with Crippen LogP contribution >= 0.6 is 0 Å². The Labute approximate surface area is 103 Å². The van der Waals surface area contributed by atoms with Crippen LogP contribution in [0.4, 0.5) is 5.69 Å². The van der Waals surface area contributed by atoms with Crippen LogP contribution in [0.25, 0.3) is 5.73 Å². The zero-order chi connectivity index (χ0) is 9.19. The SMILES string of the molecule is CNS(=O)(=O)c1ccc([NH-])cc1.[Y]. The maximum atomic E-state index is 11.1. The predicted octanol–water partition coefficient (Wildman–Crippen LogP) is 1.28. The van der Waals surface area contributed by atoms with Gasteiger partial charge in [0.2, 0.25) is 10.0 Å². The van der Waals surface area contributed by atoms with Crippen LogP contribution in [0, 0.1) is 0 Å². The van der Waals surface area contributed by atoms with Crippen molar-refractivity contribution in [1.82, 2.24) is 4.72 Å². The summed E-state index contributed by atoms with van der Waals surface area (Å²) in [6, 6.07) is 5.66. The Kier molecular flexibility index (Phi) is 5.06. The van der Waals surface area contributed by atoms with Gasteiger partial charge >= 0.3 is 0 Å². The van der Waals surface area contributed by atoms with Gasteiger partial charge < -0.3 is 5.73 Å².